The lowest BCUT2D eigenvalue weighted by atomic mass is 9.94. The van der Waals surface area contributed by atoms with Crippen molar-refractivity contribution in [2.45, 2.75) is 71.6 Å². The molecule has 2 aromatic heterocycles. The number of aromatic nitrogens is 3. The van der Waals surface area contributed by atoms with Crippen LogP contribution in [0.25, 0.3) is 5.69 Å². The maximum absolute atomic E-state index is 11.9. The summed E-state index contributed by atoms with van der Waals surface area (Å²) in [5.74, 6) is 1.82. The first-order chi connectivity index (χ1) is 23.7. The fourth-order valence-corrected chi connectivity index (χ4v) is 6.63. The third-order valence-electron chi connectivity index (χ3n) is 9.40. The minimum Gasteiger partial charge on any atom is -0.493 e. The number of carbonyl (C=O) groups excluding carboxylic acids is 2. The molecular formula is C38H59N7O4. The monoisotopic (exact) mass is 677 g/mol. The van der Waals surface area contributed by atoms with Crippen LogP contribution in [0.3, 0.4) is 0 Å². The highest BCUT2D eigenvalue weighted by atomic mass is 16.5. The van der Waals surface area contributed by atoms with Gasteiger partial charge in [-0.2, -0.15) is 5.10 Å². The number of aryl methyl sites for hydroxylation is 3. The zero-order valence-corrected chi connectivity index (χ0v) is 30.6. The van der Waals surface area contributed by atoms with Gasteiger partial charge in [-0.3, -0.25) is 0 Å². The molecule has 1 aromatic carbocycles. The first kappa shape index (κ1) is 39.6. The Bertz CT molecular complexity index is 1440. The van der Waals surface area contributed by atoms with Gasteiger partial charge in [0.2, 0.25) is 0 Å². The number of nitrogen functional groups attached to an aromatic ring is 1. The van der Waals surface area contributed by atoms with Crippen LogP contribution in [0.15, 0.2) is 36.4 Å². The first-order valence-corrected chi connectivity index (χ1v) is 17.7. The number of aliphatic hydroxyl groups is 1. The van der Waals surface area contributed by atoms with Crippen LogP contribution < -0.4 is 15.4 Å². The van der Waals surface area contributed by atoms with Crippen LogP contribution in [0.5, 0.6) is 5.75 Å². The molecule has 49 heavy (non-hydrogen) atoms. The molecule has 11 heteroatoms. The summed E-state index contributed by atoms with van der Waals surface area (Å²) in [5.41, 5.74) is 12.7. The van der Waals surface area contributed by atoms with E-state index in [2.05, 4.69) is 64.8 Å². The molecule has 0 spiro atoms. The van der Waals surface area contributed by atoms with Crippen LogP contribution in [0.2, 0.25) is 0 Å². The number of rotatable bonds is 14. The molecule has 3 aromatic rings. The van der Waals surface area contributed by atoms with Gasteiger partial charge in [0.1, 0.15) is 12.6 Å². The van der Waals surface area contributed by atoms with Gasteiger partial charge in [-0.15, -0.1) is 0 Å². The molecule has 0 radical (unpaired) electrons. The molecule has 2 aliphatic rings. The van der Waals surface area contributed by atoms with Gasteiger partial charge in [0.25, 0.3) is 0 Å². The highest BCUT2D eigenvalue weighted by Crippen LogP contribution is 2.32. The predicted molar refractivity (Wildman–Crippen MR) is 198 cm³/mol. The highest BCUT2D eigenvalue weighted by Gasteiger charge is 2.27. The van der Waals surface area contributed by atoms with Crippen LogP contribution >= 0.6 is 0 Å². The number of nitrogens with zero attached hydrogens (tertiary/aromatic N) is 6. The molecule has 0 saturated carbocycles. The summed E-state index contributed by atoms with van der Waals surface area (Å²) < 4.78 is 7.29. The van der Waals surface area contributed by atoms with Crippen molar-refractivity contribution in [2.24, 2.45) is 5.92 Å². The SMILES string of the molecule is CCCCC=O.CO.COc1ccc(CC[C@@H]2CCN(C[C@@H](CC=O)c3cc(N4CCN(C)CC4)cc(-n4nc(C)cc4C)c3)C2)nc1N. The summed E-state index contributed by atoms with van der Waals surface area (Å²) in [5, 5.41) is 11.8. The molecule has 3 N–H and O–H groups in total. The number of hydrogen-bond acceptors (Lipinski definition) is 10. The summed E-state index contributed by atoms with van der Waals surface area (Å²) in [4.78, 5) is 33.4. The van der Waals surface area contributed by atoms with E-state index in [1.807, 2.05) is 23.7 Å². The maximum Gasteiger partial charge on any atom is 0.166 e. The Morgan fingerprint density at radius 2 is 1.76 bits per heavy atom. The van der Waals surface area contributed by atoms with Gasteiger partial charge >= 0.3 is 0 Å². The fraction of sp³-hybridized carbons (Fsp3) is 0.579. The second kappa shape index (κ2) is 20.7. The quantitative estimate of drug-likeness (QED) is 0.181. The van der Waals surface area contributed by atoms with Crippen LogP contribution in [0, 0.1) is 19.8 Å². The summed E-state index contributed by atoms with van der Waals surface area (Å²) in [6, 6.07) is 12.9. The third-order valence-corrected chi connectivity index (χ3v) is 9.40. The fourth-order valence-electron chi connectivity index (χ4n) is 6.63. The number of likely N-dealkylation sites (tertiary alicyclic amines) is 1. The molecule has 5 rings (SSSR count). The second-order valence-corrected chi connectivity index (χ2v) is 13.2. The van der Waals surface area contributed by atoms with Crippen molar-refractivity contribution >= 4 is 24.1 Å². The van der Waals surface area contributed by atoms with E-state index in [1.165, 1.54) is 11.3 Å². The molecular weight excluding hydrogens is 618 g/mol. The van der Waals surface area contributed by atoms with Crippen molar-refractivity contribution in [2.75, 3.05) is 77.7 Å². The summed E-state index contributed by atoms with van der Waals surface area (Å²) in [6.07, 6.45) is 8.61. The normalized spacial score (nSPS) is 17.0. The van der Waals surface area contributed by atoms with Gasteiger partial charge in [0.05, 0.1) is 18.5 Å². The van der Waals surface area contributed by atoms with Gasteiger partial charge in [0.15, 0.2) is 11.6 Å². The largest absolute Gasteiger partial charge is 0.493 e. The molecule has 270 valence electrons. The Kier molecular flexibility index (Phi) is 16.7. The number of carbonyl (C=O) groups is 2. The molecule has 0 aliphatic carbocycles. The molecule has 11 nitrogen and oxygen atoms in total. The number of methoxy groups -OCH3 is 1. The Hall–Kier alpha value is -3.80. The van der Waals surface area contributed by atoms with Crippen molar-refractivity contribution in [3.8, 4) is 11.4 Å². The van der Waals surface area contributed by atoms with Crippen LogP contribution in [-0.2, 0) is 16.0 Å². The molecule has 4 heterocycles. The first-order valence-electron chi connectivity index (χ1n) is 17.7. The van der Waals surface area contributed by atoms with Crippen molar-refractivity contribution in [1.82, 2.24) is 24.6 Å². The number of pyridine rings is 1. The predicted octanol–water partition coefficient (Wildman–Crippen LogP) is 4.84. The van der Waals surface area contributed by atoms with Crippen LogP contribution in [0.1, 0.15) is 74.0 Å². The number of anilines is 2. The zero-order valence-electron chi connectivity index (χ0n) is 30.6. The number of aliphatic hydroxyl groups excluding tert-OH is 1. The van der Waals surface area contributed by atoms with Crippen molar-refractivity contribution in [3.63, 3.8) is 0 Å². The maximum atomic E-state index is 11.9. The molecule has 2 fully saturated rings. The lowest BCUT2D eigenvalue weighted by Gasteiger charge is -2.35. The topological polar surface area (TPSA) is 130 Å². The number of unbranched alkanes of at least 4 members (excludes halogenated alkanes) is 2. The van der Waals surface area contributed by atoms with Gasteiger partial charge in [-0.1, -0.05) is 13.3 Å². The molecule has 2 saturated heterocycles. The average Bonchev–Trinajstić information content (AvgIpc) is 3.71. The standard InChI is InChI=1S/C32H45N7O2.C5H10O.CH4O/c1-23-17-24(2)39(35-23)30-19-27(18-29(20-30)38-14-12-36(3)13-15-38)26(10-16-40)22-37-11-9-25(21-37)5-6-28-7-8-31(41-4)32(33)34-28;1-2-3-4-5-6;1-2/h7-8,16-20,25-26H,5-6,9-15,21-22H2,1-4H3,(H2,33,34);5H,2-4H2,1H3;2H,1H3/t25-,26-;;/m1../s1. The summed E-state index contributed by atoms with van der Waals surface area (Å²) in [7, 11) is 4.79. The van der Waals surface area contributed by atoms with Crippen molar-refractivity contribution in [1.29, 1.82) is 0 Å². The van der Waals surface area contributed by atoms with Crippen LogP contribution in [0.4, 0.5) is 11.5 Å². The third kappa shape index (κ3) is 11.9. The molecule has 0 bridgehead atoms. The Balaban J connectivity index is 0.000000735. The van der Waals surface area contributed by atoms with Gasteiger partial charge in [-0.25, -0.2) is 9.67 Å². The Labute approximate surface area is 293 Å². The number of nitrogens with two attached hydrogens (primary N) is 1. The van der Waals surface area contributed by atoms with Crippen molar-refractivity contribution in [3.05, 3.63) is 59.0 Å². The number of piperazine rings is 1. The van der Waals surface area contributed by atoms with Crippen molar-refractivity contribution < 1.29 is 19.4 Å². The van der Waals surface area contributed by atoms with E-state index in [4.69, 9.17) is 20.7 Å². The van der Waals surface area contributed by atoms with E-state index < -0.39 is 0 Å². The molecule has 0 amide bonds. The number of benzene rings is 1. The van der Waals surface area contributed by atoms with Gasteiger partial charge in [-0.05, 0) is 101 Å². The Morgan fingerprint density at radius 1 is 1.02 bits per heavy atom. The zero-order chi connectivity index (χ0) is 35.8. The number of aldehydes is 2. The number of ether oxygens (including phenoxy) is 1. The summed E-state index contributed by atoms with van der Waals surface area (Å²) in [6.45, 7) is 13.3. The minimum absolute atomic E-state index is 0.137. The summed E-state index contributed by atoms with van der Waals surface area (Å²) >= 11 is 0. The van der Waals surface area contributed by atoms with Crippen LogP contribution in [-0.4, -0.2) is 109 Å². The highest BCUT2D eigenvalue weighted by molar-refractivity contribution is 5.59. The molecule has 2 aliphatic heterocycles. The van der Waals surface area contributed by atoms with E-state index in [1.54, 1.807) is 7.11 Å². The van der Waals surface area contributed by atoms with Gasteiger partial charge < -0.3 is 39.9 Å². The van der Waals surface area contributed by atoms with E-state index in [0.717, 1.165) is 127 Å². The minimum atomic E-state index is 0.137. The smallest absolute Gasteiger partial charge is 0.166 e. The van der Waals surface area contributed by atoms with E-state index in [9.17, 15) is 9.59 Å². The Morgan fingerprint density at radius 3 is 2.35 bits per heavy atom. The average molecular weight is 678 g/mol. The number of hydrogen-bond donors (Lipinski definition) is 2. The lowest BCUT2D eigenvalue weighted by molar-refractivity contribution is -0.108. The van der Waals surface area contributed by atoms with Gasteiger partial charge in [0, 0.05) is 82.2 Å². The second-order valence-electron chi connectivity index (χ2n) is 13.2. The van der Waals surface area contributed by atoms with E-state index in [0.29, 0.717) is 23.9 Å². The molecule has 2 atom stereocenters. The molecule has 0 unspecified atom stereocenters. The lowest BCUT2D eigenvalue weighted by Crippen LogP contribution is -2.44. The van der Waals surface area contributed by atoms with E-state index >= 15 is 0 Å². The van der Waals surface area contributed by atoms with E-state index in [-0.39, 0.29) is 5.92 Å². The number of likely N-dealkylation sites (N-methyl/N-ethyl adjacent to an activating group) is 1.